The van der Waals surface area contributed by atoms with Crippen LogP contribution >= 0.6 is 0 Å². The van der Waals surface area contributed by atoms with Crippen molar-refractivity contribution in [2.75, 3.05) is 12.3 Å². The summed E-state index contributed by atoms with van der Waals surface area (Å²) < 4.78 is 6.00. The first-order chi connectivity index (χ1) is 12.9. The van der Waals surface area contributed by atoms with Gasteiger partial charge in [-0.1, -0.05) is 12.5 Å². The fourth-order valence-electron chi connectivity index (χ4n) is 3.86. The van der Waals surface area contributed by atoms with Crippen LogP contribution in [0.1, 0.15) is 48.2 Å². The van der Waals surface area contributed by atoms with Gasteiger partial charge in [0.2, 0.25) is 0 Å². The number of carboxylic acid groups (broad SMARTS) is 1. The van der Waals surface area contributed by atoms with E-state index >= 15 is 0 Å². The molecule has 7 heteroatoms. The zero-order valence-corrected chi connectivity index (χ0v) is 15.4. The van der Waals surface area contributed by atoms with Crippen molar-refractivity contribution in [1.29, 1.82) is 0 Å². The van der Waals surface area contributed by atoms with E-state index < -0.39 is 18.2 Å². The number of carbonyl (C=O) groups is 1. The fraction of sp³-hybridized carbons (Fsp3) is 0.500. The molecule has 146 valence electrons. The molecule has 0 amide bonds. The van der Waals surface area contributed by atoms with Crippen LogP contribution in [0.2, 0.25) is 0 Å². The molecule has 1 aliphatic rings. The predicted molar refractivity (Wildman–Crippen MR) is 102 cm³/mol. The molecule has 3 atom stereocenters. The molecule has 1 heterocycles. The predicted octanol–water partition coefficient (Wildman–Crippen LogP) is 2.50. The Kier molecular flexibility index (Phi) is 5.82. The molecule has 3 rings (SSSR count). The Morgan fingerprint density at radius 1 is 1.26 bits per heavy atom. The highest BCUT2D eigenvalue weighted by molar-refractivity contribution is 6.06. The standard InChI is InChI=1S/C20H26N2O5/c1-11-17(20(25)26)19(21)18-15(22-11)6-3-7-16(18)27-10-12-4-2-5-13(23)9-14(24)8-12/h3,6-7,12-14,23-24H,2,4-5,8-10H2,1H3,(H2,21,22)(H,25,26). The van der Waals surface area contributed by atoms with Crippen LogP contribution in [-0.4, -0.2) is 45.1 Å². The topological polar surface area (TPSA) is 126 Å². The van der Waals surface area contributed by atoms with E-state index in [2.05, 4.69) is 4.98 Å². The van der Waals surface area contributed by atoms with Crippen LogP contribution in [0.4, 0.5) is 5.69 Å². The Hall–Kier alpha value is -2.38. The SMILES string of the molecule is Cc1nc2cccc(OCC3CCCC(O)CC(O)C3)c2c(N)c1C(=O)O. The quantitative estimate of drug-likeness (QED) is 0.648. The number of aliphatic hydroxyl groups is 2. The lowest BCUT2D eigenvalue weighted by molar-refractivity contribution is 0.0390. The van der Waals surface area contributed by atoms with E-state index in [4.69, 9.17) is 10.5 Å². The maximum absolute atomic E-state index is 11.5. The average molecular weight is 374 g/mol. The minimum Gasteiger partial charge on any atom is -0.493 e. The number of aryl methyl sites for hydroxylation is 1. The van der Waals surface area contributed by atoms with Crippen molar-refractivity contribution < 1.29 is 24.9 Å². The lowest BCUT2D eigenvalue weighted by Crippen LogP contribution is -2.26. The van der Waals surface area contributed by atoms with Gasteiger partial charge in [0, 0.05) is 0 Å². The first kappa shape index (κ1) is 19.4. The van der Waals surface area contributed by atoms with Crippen molar-refractivity contribution in [3.63, 3.8) is 0 Å². The molecule has 0 radical (unpaired) electrons. The lowest BCUT2D eigenvalue weighted by Gasteiger charge is -2.26. The molecule has 0 aliphatic heterocycles. The van der Waals surface area contributed by atoms with Gasteiger partial charge in [0.05, 0.1) is 41.1 Å². The molecule has 5 N–H and O–H groups in total. The minimum absolute atomic E-state index is 0.00564. The summed E-state index contributed by atoms with van der Waals surface area (Å²) in [6.07, 6.45) is 2.38. The number of fused-ring (bicyclic) bond motifs is 1. The number of nitrogen functional groups attached to an aromatic ring is 1. The molecule has 2 aromatic rings. The van der Waals surface area contributed by atoms with E-state index in [1.807, 2.05) is 0 Å². The second-order valence-corrected chi connectivity index (χ2v) is 7.33. The summed E-state index contributed by atoms with van der Waals surface area (Å²) >= 11 is 0. The fourth-order valence-corrected chi connectivity index (χ4v) is 3.86. The molecule has 1 saturated carbocycles. The third kappa shape index (κ3) is 4.31. The molecular formula is C20H26N2O5. The number of aromatic nitrogens is 1. The number of hydrogen-bond acceptors (Lipinski definition) is 6. The molecular weight excluding hydrogens is 348 g/mol. The smallest absolute Gasteiger partial charge is 0.339 e. The molecule has 1 aliphatic carbocycles. The van der Waals surface area contributed by atoms with Crippen molar-refractivity contribution in [2.24, 2.45) is 5.92 Å². The van der Waals surface area contributed by atoms with E-state index in [1.54, 1.807) is 25.1 Å². The van der Waals surface area contributed by atoms with Crippen LogP contribution in [-0.2, 0) is 0 Å². The monoisotopic (exact) mass is 374 g/mol. The first-order valence-corrected chi connectivity index (χ1v) is 9.27. The number of aromatic carboxylic acids is 1. The van der Waals surface area contributed by atoms with Crippen molar-refractivity contribution in [2.45, 2.75) is 51.2 Å². The van der Waals surface area contributed by atoms with E-state index in [1.165, 1.54) is 0 Å². The van der Waals surface area contributed by atoms with Gasteiger partial charge in [-0.15, -0.1) is 0 Å². The summed E-state index contributed by atoms with van der Waals surface area (Å²) in [5.41, 5.74) is 7.25. The summed E-state index contributed by atoms with van der Waals surface area (Å²) in [5, 5.41) is 29.8. The molecule has 0 saturated heterocycles. The second-order valence-electron chi connectivity index (χ2n) is 7.33. The normalized spacial score (nSPS) is 23.6. The summed E-state index contributed by atoms with van der Waals surface area (Å²) in [4.78, 5) is 15.9. The number of aliphatic hydroxyl groups excluding tert-OH is 2. The zero-order chi connectivity index (χ0) is 19.6. The minimum atomic E-state index is -1.11. The van der Waals surface area contributed by atoms with Crippen molar-refractivity contribution in [3.05, 3.63) is 29.5 Å². The first-order valence-electron chi connectivity index (χ1n) is 9.27. The molecule has 1 fully saturated rings. The van der Waals surface area contributed by atoms with Crippen molar-refractivity contribution in [3.8, 4) is 5.75 Å². The van der Waals surface area contributed by atoms with Gasteiger partial charge in [-0.25, -0.2) is 4.79 Å². The van der Waals surface area contributed by atoms with Crippen LogP contribution in [0.5, 0.6) is 5.75 Å². The van der Waals surface area contributed by atoms with Crippen LogP contribution in [0, 0.1) is 12.8 Å². The van der Waals surface area contributed by atoms with Crippen LogP contribution < -0.4 is 10.5 Å². The number of nitrogens with two attached hydrogens (primary N) is 1. The number of anilines is 1. The summed E-state index contributed by atoms with van der Waals surface area (Å²) in [5.74, 6) is -0.464. The maximum atomic E-state index is 11.5. The van der Waals surface area contributed by atoms with E-state index in [0.717, 1.165) is 12.8 Å². The van der Waals surface area contributed by atoms with Gasteiger partial charge < -0.3 is 25.8 Å². The Bertz CT molecular complexity index is 839. The highest BCUT2D eigenvalue weighted by atomic mass is 16.5. The van der Waals surface area contributed by atoms with Gasteiger partial charge in [0.15, 0.2) is 0 Å². The number of benzene rings is 1. The molecule has 0 bridgehead atoms. The van der Waals surface area contributed by atoms with Crippen LogP contribution in [0.25, 0.3) is 10.9 Å². The Labute approximate surface area is 157 Å². The van der Waals surface area contributed by atoms with E-state index in [0.29, 0.717) is 48.2 Å². The van der Waals surface area contributed by atoms with Gasteiger partial charge in [-0.3, -0.25) is 4.98 Å². The largest absolute Gasteiger partial charge is 0.493 e. The summed E-state index contributed by atoms with van der Waals surface area (Å²) in [6.45, 7) is 2.01. The number of hydrogen-bond donors (Lipinski definition) is 4. The Balaban J connectivity index is 1.84. The van der Waals surface area contributed by atoms with Gasteiger partial charge in [-0.05, 0) is 50.7 Å². The number of ether oxygens (including phenoxy) is 1. The molecule has 1 aromatic heterocycles. The Morgan fingerprint density at radius 3 is 2.78 bits per heavy atom. The highest BCUT2D eigenvalue weighted by Crippen LogP contribution is 2.34. The van der Waals surface area contributed by atoms with Gasteiger partial charge in [-0.2, -0.15) is 0 Å². The third-order valence-corrected chi connectivity index (χ3v) is 5.18. The molecule has 0 spiro atoms. The number of pyridine rings is 1. The third-order valence-electron chi connectivity index (χ3n) is 5.18. The molecule has 1 aromatic carbocycles. The number of nitrogens with zero attached hydrogens (tertiary/aromatic N) is 1. The van der Waals surface area contributed by atoms with Crippen molar-refractivity contribution >= 4 is 22.6 Å². The van der Waals surface area contributed by atoms with Crippen LogP contribution in [0.15, 0.2) is 18.2 Å². The summed E-state index contributed by atoms with van der Waals surface area (Å²) in [6, 6.07) is 5.33. The average Bonchev–Trinajstić information content (AvgIpc) is 2.57. The molecule has 3 unspecified atom stereocenters. The number of carboxylic acids is 1. The number of rotatable bonds is 4. The van der Waals surface area contributed by atoms with Crippen molar-refractivity contribution in [1.82, 2.24) is 4.98 Å². The van der Waals surface area contributed by atoms with E-state index in [-0.39, 0.29) is 17.2 Å². The summed E-state index contributed by atoms with van der Waals surface area (Å²) in [7, 11) is 0. The highest BCUT2D eigenvalue weighted by Gasteiger charge is 2.23. The van der Waals surface area contributed by atoms with Gasteiger partial charge in [0.1, 0.15) is 11.3 Å². The second kappa shape index (κ2) is 8.10. The zero-order valence-electron chi connectivity index (χ0n) is 15.4. The molecule has 27 heavy (non-hydrogen) atoms. The molecule has 7 nitrogen and oxygen atoms in total. The van der Waals surface area contributed by atoms with E-state index in [9.17, 15) is 20.1 Å². The van der Waals surface area contributed by atoms with Gasteiger partial charge >= 0.3 is 5.97 Å². The van der Waals surface area contributed by atoms with Crippen LogP contribution in [0.3, 0.4) is 0 Å². The lowest BCUT2D eigenvalue weighted by atomic mass is 9.89. The maximum Gasteiger partial charge on any atom is 0.339 e. The Morgan fingerprint density at radius 2 is 2.04 bits per heavy atom. The van der Waals surface area contributed by atoms with Gasteiger partial charge in [0.25, 0.3) is 0 Å².